The molecular weight excluding hydrogens is 518 g/mol. The lowest BCUT2D eigenvalue weighted by atomic mass is 10.0. The first-order valence-corrected chi connectivity index (χ1v) is 13.5. The van der Waals surface area contributed by atoms with Crippen molar-refractivity contribution in [2.24, 2.45) is 5.92 Å². The van der Waals surface area contributed by atoms with Crippen molar-refractivity contribution in [2.45, 2.75) is 64.0 Å². The highest BCUT2D eigenvalue weighted by atomic mass is 16.5. The first kappa shape index (κ1) is 31.0. The molecule has 0 aliphatic carbocycles. The normalized spacial score (nSPS) is 25.5. The molecule has 5 amide bonds. The van der Waals surface area contributed by atoms with Crippen LogP contribution in [0.15, 0.2) is 30.3 Å². The summed E-state index contributed by atoms with van der Waals surface area (Å²) in [6, 6.07) is 7.33. The van der Waals surface area contributed by atoms with Gasteiger partial charge in [0.1, 0.15) is 17.7 Å². The van der Waals surface area contributed by atoms with Crippen molar-refractivity contribution >= 4 is 29.5 Å². The Morgan fingerprint density at radius 2 is 1.75 bits per heavy atom. The standard InChI is InChI=1S/C28H41N5O7/c1-17(2)23-25(36)29-13-19-14-33(27(38)28(3,4)39-6)15-21(40-19)24(35)30-20(12-18-10-8-7-9-11-18)26(37)32(5)16-22(34)31-23/h7-11,17,19-21,23H,12-16H2,1-6H3,(H,29,36)(H,30,35)(H,31,34)/t19-,20+,21+,23-/m0/s1. The summed E-state index contributed by atoms with van der Waals surface area (Å²) in [5.41, 5.74) is -0.334. The van der Waals surface area contributed by atoms with Crippen LogP contribution in [-0.2, 0) is 39.9 Å². The lowest BCUT2D eigenvalue weighted by Crippen LogP contribution is -2.62. The van der Waals surface area contributed by atoms with E-state index in [0.717, 1.165) is 5.56 Å². The van der Waals surface area contributed by atoms with Gasteiger partial charge in [0, 0.05) is 33.7 Å². The molecule has 3 N–H and O–H groups in total. The Hall–Kier alpha value is -3.51. The van der Waals surface area contributed by atoms with Crippen molar-refractivity contribution in [3.8, 4) is 0 Å². The lowest BCUT2D eigenvalue weighted by molar-refractivity contribution is -0.168. The molecule has 2 fully saturated rings. The van der Waals surface area contributed by atoms with Gasteiger partial charge in [-0.2, -0.15) is 0 Å². The predicted octanol–water partition coefficient (Wildman–Crippen LogP) is -0.536. The molecule has 0 radical (unpaired) electrons. The third-order valence-corrected chi connectivity index (χ3v) is 7.20. The number of ether oxygens (including phenoxy) is 2. The highest BCUT2D eigenvalue weighted by Crippen LogP contribution is 2.19. The van der Waals surface area contributed by atoms with E-state index in [9.17, 15) is 24.0 Å². The fraction of sp³-hybridized carbons (Fsp3) is 0.607. The Bertz CT molecular complexity index is 1090. The zero-order chi connectivity index (χ0) is 29.6. The Balaban J connectivity index is 1.96. The van der Waals surface area contributed by atoms with Crippen LogP contribution in [-0.4, -0.2) is 110 Å². The second-order valence-electron chi connectivity index (χ2n) is 11.2. The molecule has 2 saturated heterocycles. The number of benzene rings is 1. The number of nitrogens with one attached hydrogen (secondary N) is 3. The number of amides is 5. The van der Waals surface area contributed by atoms with Crippen LogP contribution in [0, 0.1) is 5.92 Å². The summed E-state index contributed by atoms with van der Waals surface area (Å²) in [7, 11) is 2.90. The molecule has 0 unspecified atom stereocenters. The fourth-order valence-electron chi connectivity index (χ4n) is 4.68. The summed E-state index contributed by atoms with van der Waals surface area (Å²) >= 11 is 0. The maximum absolute atomic E-state index is 13.5. The Morgan fingerprint density at radius 3 is 2.38 bits per heavy atom. The van der Waals surface area contributed by atoms with Gasteiger partial charge < -0.3 is 35.2 Å². The van der Waals surface area contributed by atoms with Gasteiger partial charge in [-0.15, -0.1) is 0 Å². The van der Waals surface area contributed by atoms with E-state index in [-0.39, 0.29) is 44.4 Å². The zero-order valence-electron chi connectivity index (χ0n) is 24.1. The van der Waals surface area contributed by atoms with Gasteiger partial charge in [0.25, 0.3) is 11.8 Å². The molecule has 4 atom stereocenters. The number of carbonyl (C=O) groups is 5. The van der Waals surface area contributed by atoms with Crippen molar-refractivity contribution in [3.05, 3.63) is 35.9 Å². The van der Waals surface area contributed by atoms with Crippen LogP contribution in [0.1, 0.15) is 33.3 Å². The van der Waals surface area contributed by atoms with E-state index in [1.807, 2.05) is 30.3 Å². The van der Waals surface area contributed by atoms with Crippen molar-refractivity contribution in [3.63, 3.8) is 0 Å². The SMILES string of the molecule is COC(C)(C)C(=O)N1C[C@@H]2CNC(=O)[C@H](C(C)C)NC(=O)CN(C)C(=O)[C@@H](Cc3ccccc3)NC(=O)[C@@H](C1)O2. The van der Waals surface area contributed by atoms with E-state index in [4.69, 9.17) is 9.47 Å². The Labute approximate surface area is 235 Å². The zero-order valence-corrected chi connectivity index (χ0v) is 24.1. The predicted molar refractivity (Wildman–Crippen MR) is 146 cm³/mol. The smallest absolute Gasteiger partial charge is 0.254 e. The average molecular weight is 560 g/mol. The highest BCUT2D eigenvalue weighted by molar-refractivity contribution is 5.94. The van der Waals surface area contributed by atoms with Gasteiger partial charge in [-0.05, 0) is 25.3 Å². The molecule has 2 heterocycles. The minimum atomic E-state index is -1.15. The molecule has 40 heavy (non-hydrogen) atoms. The van der Waals surface area contributed by atoms with Gasteiger partial charge >= 0.3 is 0 Å². The minimum absolute atomic E-state index is 0.00513. The number of nitrogens with zero attached hydrogens (tertiary/aromatic N) is 2. The van der Waals surface area contributed by atoms with Gasteiger partial charge in [0.05, 0.1) is 19.2 Å². The summed E-state index contributed by atoms with van der Waals surface area (Å²) in [6.45, 7) is 6.62. The molecule has 2 aliphatic heterocycles. The molecule has 1 aromatic rings. The third kappa shape index (κ3) is 7.79. The average Bonchev–Trinajstić information content (AvgIpc) is 2.93. The molecule has 2 aliphatic rings. The second kappa shape index (κ2) is 13.2. The highest BCUT2D eigenvalue weighted by Gasteiger charge is 2.41. The van der Waals surface area contributed by atoms with Gasteiger partial charge in [-0.3, -0.25) is 24.0 Å². The summed E-state index contributed by atoms with van der Waals surface area (Å²) in [4.78, 5) is 68.9. The summed E-state index contributed by atoms with van der Waals surface area (Å²) < 4.78 is 11.4. The summed E-state index contributed by atoms with van der Waals surface area (Å²) in [6.07, 6.45) is -1.64. The molecule has 2 bridgehead atoms. The van der Waals surface area contributed by atoms with Gasteiger partial charge in [-0.25, -0.2) is 0 Å². The molecule has 0 saturated carbocycles. The van der Waals surface area contributed by atoms with Crippen LogP contribution in [0.25, 0.3) is 0 Å². The van der Waals surface area contributed by atoms with Crippen molar-refractivity contribution < 1.29 is 33.4 Å². The van der Waals surface area contributed by atoms with Crippen LogP contribution in [0.5, 0.6) is 0 Å². The molecular formula is C28H41N5O7. The van der Waals surface area contributed by atoms with Crippen LogP contribution in [0.4, 0.5) is 0 Å². The number of rotatable bonds is 5. The molecule has 12 heteroatoms. The van der Waals surface area contributed by atoms with Crippen molar-refractivity contribution in [1.29, 1.82) is 0 Å². The van der Waals surface area contributed by atoms with E-state index in [2.05, 4.69) is 16.0 Å². The molecule has 0 spiro atoms. The molecule has 1 aromatic carbocycles. The number of carbonyl (C=O) groups excluding carboxylic acids is 5. The summed E-state index contributed by atoms with van der Waals surface area (Å²) in [5, 5.41) is 8.29. The lowest BCUT2D eigenvalue weighted by Gasteiger charge is -2.40. The molecule has 220 valence electrons. The van der Waals surface area contributed by atoms with E-state index in [1.165, 1.54) is 24.0 Å². The van der Waals surface area contributed by atoms with E-state index >= 15 is 0 Å². The maximum Gasteiger partial charge on any atom is 0.254 e. The summed E-state index contributed by atoms with van der Waals surface area (Å²) in [5.74, 6) is -2.57. The fourth-order valence-corrected chi connectivity index (χ4v) is 4.68. The van der Waals surface area contributed by atoms with Crippen LogP contribution < -0.4 is 16.0 Å². The topological polar surface area (TPSA) is 146 Å². The monoisotopic (exact) mass is 559 g/mol. The minimum Gasteiger partial charge on any atom is -0.369 e. The van der Waals surface area contributed by atoms with E-state index in [0.29, 0.717) is 0 Å². The number of fused-ring (bicyclic) bond motifs is 2. The van der Waals surface area contributed by atoms with Gasteiger partial charge in [0.15, 0.2) is 6.10 Å². The first-order valence-electron chi connectivity index (χ1n) is 13.5. The third-order valence-electron chi connectivity index (χ3n) is 7.20. The van der Waals surface area contributed by atoms with E-state index in [1.54, 1.807) is 27.7 Å². The second-order valence-corrected chi connectivity index (χ2v) is 11.2. The largest absolute Gasteiger partial charge is 0.369 e. The Kier molecular flexibility index (Phi) is 10.3. The number of methoxy groups -OCH3 is 1. The number of hydrogen-bond acceptors (Lipinski definition) is 7. The van der Waals surface area contributed by atoms with Gasteiger partial charge in [0.2, 0.25) is 17.7 Å². The van der Waals surface area contributed by atoms with Crippen molar-refractivity contribution in [2.75, 3.05) is 40.3 Å². The number of hydrogen-bond donors (Lipinski definition) is 3. The molecule has 3 rings (SSSR count). The first-order chi connectivity index (χ1) is 18.8. The van der Waals surface area contributed by atoms with Crippen LogP contribution in [0.2, 0.25) is 0 Å². The van der Waals surface area contributed by atoms with Crippen LogP contribution >= 0.6 is 0 Å². The number of morpholine rings is 1. The van der Waals surface area contributed by atoms with E-state index < -0.39 is 53.5 Å². The van der Waals surface area contributed by atoms with Crippen molar-refractivity contribution in [1.82, 2.24) is 25.8 Å². The quantitative estimate of drug-likeness (QED) is 0.439. The number of likely N-dealkylation sites (N-methyl/N-ethyl adjacent to an activating group) is 1. The van der Waals surface area contributed by atoms with Crippen LogP contribution in [0.3, 0.4) is 0 Å². The molecule has 12 nitrogen and oxygen atoms in total. The maximum atomic E-state index is 13.5. The van der Waals surface area contributed by atoms with Gasteiger partial charge in [-0.1, -0.05) is 44.2 Å². The Morgan fingerprint density at radius 1 is 1.07 bits per heavy atom. The molecule has 0 aromatic heterocycles.